The number of pyridine rings is 1. The second-order valence-corrected chi connectivity index (χ2v) is 5.48. The number of hydrogen-bond donors (Lipinski definition) is 1. The molecule has 1 aromatic carbocycles. The van der Waals surface area contributed by atoms with E-state index in [2.05, 4.69) is 54.5 Å². The number of rotatable bonds is 8. The summed E-state index contributed by atoms with van der Waals surface area (Å²) in [5.74, 6) is 0.705. The first-order valence-electron chi connectivity index (χ1n) is 7.59. The molecule has 0 aliphatic carbocycles. The Labute approximate surface area is 127 Å². The van der Waals surface area contributed by atoms with E-state index in [-0.39, 0.29) is 0 Å². The molecule has 21 heavy (non-hydrogen) atoms. The van der Waals surface area contributed by atoms with Crippen LogP contribution in [0.1, 0.15) is 31.4 Å². The van der Waals surface area contributed by atoms with Crippen LogP contribution < -0.4 is 10.1 Å². The van der Waals surface area contributed by atoms with Crippen LogP contribution in [-0.4, -0.2) is 17.6 Å². The topological polar surface area (TPSA) is 34.1 Å². The Bertz CT molecular complexity index is 509. The molecule has 0 spiro atoms. The van der Waals surface area contributed by atoms with Crippen molar-refractivity contribution in [2.75, 3.05) is 6.61 Å². The first kappa shape index (κ1) is 15.5. The van der Waals surface area contributed by atoms with Gasteiger partial charge in [0.2, 0.25) is 5.88 Å². The first-order chi connectivity index (χ1) is 10.2. The average molecular weight is 284 g/mol. The van der Waals surface area contributed by atoms with Gasteiger partial charge in [0, 0.05) is 24.8 Å². The van der Waals surface area contributed by atoms with Crippen LogP contribution in [0.3, 0.4) is 0 Å². The zero-order chi connectivity index (χ0) is 14.9. The van der Waals surface area contributed by atoms with Crippen molar-refractivity contribution in [3.63, 3.8) is 0 Å². The third-order valence-electron chi connectivity index (χ3n) is 3.21. The Balaban J connectivity index is 1.69. The van der Waals surface area contributed by atoms with E-state index in [0.29, 0.717) is 18.5 Å². The number of benzene rings is 1. The molecule has 3 nitrogen and oxygen atoms in total. The number of aromatic nitrogens is 1. The molecule has 0 unspecified atom stereocenters. The molecule has 3 heteroatoms. The van der Waals surface area contributed by atoms with Crippen molar-refractivity contribution < 1.29 is 4.74 Å². The van der Waals surface area contributed by atoms with Crippen molar-refractivity contribution in [3.05, 3.63) is 59.8 Å². The van der Waals surface area contributed by atoms with Crippen molar-refractivity contribution in [1.29, 1.82) is 0 Å². The van der Waals surface area contributed by atoms with E-state index in [1.807, 2.05) is 18.3 Å². The predicted octanol–water partition coefficient (Wildman–Crippen LogP) is 3.59. The predicted molar refractivity (Wildman–Crippen MR) is 86.5 cm³/mol. The molecule has 0 saturated heterocycles. The number of nitrogens with one attached hydrogen (secondary N) is 1. The lowest BCUT2D eigenvalue weighted by molar-refractivity contribution is 0.299. The lowest BCUT2D eigenvalue weighted by Gasteiger charge is -2.09. The minimum absolute atomic E-state index is 0.485. The minimum atomic E-state index is 0.485. The Kier molecular flexibility index (Phi) is 6.22. The van der Waals surface area contributed by atoms with Gasteiger partial charge in [-0.25, -0.2) is 4.98 Å². The van der Waals surface area contributed by atoms with E-state index < -0.39 is 0 Å². The molecule has 0 atom stereocenters. The highest BCUT2D eigenvalue weighted by Gasteiger charge is 1.99. The highest BCUT2D eigenvalue weighted by molar-refractivity contribution is 5.18. The van der Waals surface area contributed by atoms with Crippen molar-refractivity contribution in [2.24, 2.45) is 0 Å². The van der Waals surface area contributed by atoms with Crippen molar-refractivity contribution >= 4 is 0 Å². The molecule has 2 aromatic rings. The minimum Gasteiger partial charge on any atom is -0.478 e. The second kappa shape index (κ2) is 8.42. The molecule has 0 amide bonds. The number of hydrogen-bond acceptors (Lipinski definition) is 3. The molecule has 0 saturated carbocycles. The third kappa shape index (κ3) is 5.96. The van der Waals surface area contributed by atoms with Crippen LogP contribution in [0, 0.1) is 0 Å². The largest absolute Gasteiger partial charge is 0.478 e. The van der Waals surface area contributed by atoms with Crippen molar-refractivity contribution in [1.82, 2.24) is 10.3 Å². The van der Waals surface area contributed by atoms with Gasteiger partial charge in [0.05, 0.1) is 6.61 Å². The van der Waals surface area contributed by atoms with Gasteiger partial charge in [-0.05, 0) is 24.0 Å². The molecule has 112 valence electrons. The summed E-state index contributed by atoms with van der Waals surface area (Å²) in [6.45, 7) is 5.82. The summed E-state index contributed by atoms with van der Waals surface area (Å²) in [5, 5.41) is 3.37. The van der Waals surface area contributed by atoms with Crippen molar-refractivity contribution in [3.8, 4) is 5.88 Å². The van der Waals surface area contributed by atoms with Gasteiger partial charge in [0.1, 0.15) is 0 Å². The summed E-state index contributed by atoms with van der Waals surface area (Å²) in [6.07, 6.45) is 3.92. The molecule has 1 heterocycles. The SMILES string of the molecule is CC(C)NCc1ccc(OCCCc2ccccc2)nc1. The molecular formula is C18H24N2O. The maximum Gasteiger partial charge on any atom is 0.213 e. The van der Waals surface area contributed by atoms with E-state index in [1.165, 1.54) is 11.1 Å². The van der Waals surface area contributed by atoms with Crippen LogP contribution >= 0.6 is 0 Å². The van der Waals surface area contributed by atoms with Gasteiger partial charge in [0.15, 0.2) is 0 Å². The third-order valence-corrected chi connectivity index (χ3v) is 3.21. The molecule has 0 fully saturated rings. The van der Waals surface area contributed by atoms with E-state index >= 15 is 0 Å². The van der Waals surface area contributed by atoms with Crippen LogP contribution in [0.15, 0.2) is 48.7 Å². The molecule has 0 aliphatic heterocycles. The molecular weight excluding hydrogens is 260 g/mol. The Morgan fingerprint density at radius 3 is 2.52 bits per heavy atom. The van der Waals surface area contributed by atoms with E-state index in [1.54, 1.807) is 0 Å². The average Bonchev–Trinajstić information content (AvgIpc) is 2.52. The number of ether oxygens (including phenoxy) is 1. The lowest BCUT2D eigenvalue weighted by atomic mass is 10.1. The zero-order valence-electron chi connectivity index (χ0n) is 12.9. The highest BCUT2D eigenvalue weighted by Crippen LogP contribution is 2.09. The van der Waals surface area contributed by atoms with E-state index in [9.17, 15) is 0 Å². The Morgan fingerprint density at radius 2 is 1.86 bits per heavy atom. The fourth-order valence-corrected chi connectivity index (χ4v) is 2.02. The quantitative estimate of drug-likeness (QED) is 0.752. The first-order valence-corrected chi connectivity index (χ1v) is 7.59. The van der Waals surface area contributed by atoms with Crippen LogP contribution in [-0.2, 0) is 13.0 Å². The summed E-state index contributed by atoms with van der Waals surface area (Å²) < 4.78 is 5.68. The number of aryl methyl sites for hydroxylation is 1. The summed E-state index contributed by atoms with van der Waals surface area (Å²) >= 11 is 0. The molecule has 0 bridgehead atoms. The zero-order valence-corrected chi connectivity index (χ0v) is 12.9. The fourth-order valence-electron chi connectivity index (χ4n) is 2.02. The van der Waals surface area contributed by atoms with Gasteiger partial charge in [-0.3, -0.25) is 0 Å². The van der Waals surface area contributed by atoms with Crippen LogP contribution in [0.5, 0.6) is 5.88 Å². The molecule has 1 aromatic heterocycles. The lowest BCUT2D eigenvalue weighted by Crippen LogP contribution is -2.21. The van der Waals surface area contributed by atoms with Crippen LogP contribution in [0.25, 0.3) is 0 Å². The monoisotopic (exact) mass is 284 g/mol. The smallest absolute Gasteiger partial charge is 0.213 e. The molecule has 2 rings (SSSR count). The van der Waals surface area contributed by atoms with Gasteiger partial charge >= 0.3 is 0 Å². The normalized spacial score (nSPS) is 10.8. The summed E-state index contributed by atoms with van der Waals surface area (Å²) in [6, 6.07) is 15.0. The summed E-state index contributed by atoms with van der Waals surface area (Å²) in [4.78, 5) is 4.34. The van der Waals surface area contributed by atoms with Crippen LogP contribution in [0.2, 0.25) is 0 Å². The second-order valence-electron chi connectivity index (χ2n) is 5.48. The fraction of sp³-hybridized carbons (Fsp3) is 0.389. The summed E-state index contributed by atoms with van der Waals surface area (Å²) in [7, 11) is 0. The van der Waals surface area contributed by atoms with E-state index in [4.69, 9.17) is 4.74 Å². The van der Waals surface area contributed by atoms with Gasteiger partial charge in [-0.15, -0.1) is 0 Å². The van der Waals surface area contributed by atoms with Gasteiger partial charge in [-0.1, -0.05) is 50.2 Å². The van der Waals surface area contributed by atoms with Gasteiger partial charge in [-0.2, -0.15) is 0 Å². The maximum absolute atomic E-state index is 5.68. The standard InChI is InChI=1S/C18H24N2O/c1-15(2)19-13-17-10-11-18(20-14-17)21-12-6-9-16-7-4-3-5-8-16/h3-5,7-8,10-11,14-15,19H,6,9,12-13H2,1-2H3. The van der Waals surface area contributed by atoms with E-state index in [0.717, 1.165) is 19.4 Å². The Morgan fingerprint density at radius 1 is 1.05 bits per heavy atom. The van der Waals surface area contributed by atoms with Crippen LogP contribution in [0.4, 0.5) is 0 Å². The number of nitrogens with zero attached hydrogens (tertiary/aromatic N) is 1. The molecule has 1 N–H and O–H groups in total. The highest BCUT2D eigenvalue weighted by atomic mass is 16.5. The van der Waals surface area contributed by atoms with Crippen molar-refractivity contribution in [2.45, 2.75) is 39.3 Å². The molecule has 0 aliphatic rings. The van der Waals surface area contributed by atoms with Gasteiger partial charge < -0.3 is 10.1 Å². The maximum atomic E-state index is 5.68. The van der Waals surface area contributed by atoms with Gasteiger partial charge in [0.25, 0.3) is 0 Å². The Hall–Kier alpha value is -1.87. The summed E-state index contributed by atoms with van der Waals surface area (Å²) in [5.41, 5.74) is 2.53. The molecule has 0 radical (unpaired) electrons.